The highest BCUT2D eigenvalue weighted by molar-refractivity contribution is 5.93. The SMILES string of the molecule is O=C(O)C(Cc1ccc(OCc2cnc3ccccc3c2)cc1)C(=O)O. The monoisotopic (exact) mass is 351 g/mol. The van der Waals surface area contributed by atoms with E-state index in [0.29, 0.717) is 17.9 Å². The Morgan fingerprint density at radius 2 is 1.65 bits per heavy atom. The van der Waals surface area contributed by atoms with E-state index >= 15 is 0 Å². The van der Waals surface area contributed by atoms with Gasteiger partial charge in [0, 0.05) is 17.1 Å². The number of carboxylic acid groups (broad SMARTS) is 2. The van der Waals surface area contributed by atoms with Gasteiger partial charge in [-0.15, -0.1) is 0 Å². The minimum absolute atomic E-state index is 0.0699. The van der Waals surface area contributed by atoms with Gasteiger partial charge in [0.1, 0.15) is 12.4 Å². The van der Waals surface area contributed by atoms with Gasteiger partial charge in [-0.1, -0.05) is 30.3 Å². The summed E-state index contributed by atoms with van der Waals surface area (Å²) in [4.78, 5) is 26.3. The Kier molecular flexibility index (Phi) is 5.12. The Bertz CT molecular complexity index is 922. The van der Waals surface area contributed by atoms with Crippen LogP contribution in [0, 0.1) is 5.92 Å². The van der Waals surface area contributed by atoms with Gasteiger partial charge in [-0.3, -0.25) is 14.6 Å². The number of ether oxygens (including phenoxy) is 1. The first-order valence-electron chi connectivity index (χ1n) is 8.04. The molecule has 0 atom stereocenters. The van der Waals surface area contributed by atoms with E-state index in [-0.39, 0.29) is 6.42 Å². The number of carbonyl (C=O) groups is 2. The van der Waals surface area contributed by atoms with E-state index in [2.05, 4.69) is 4.98 Å². The summed E-state index contributed by atoms with van der Waals surface area (Å²) < 4.78 is 5.72. The van der Waals surface area contributed by atoms with E-state index in [1.807, 2.05) is 30.3 Å². The van der Waals surface area contributed by atoms with Crippen molar-refractivity contribution in [1.82, 2.24) is 4.98 Å². The molecule has 132 valence electrons. The molecular formula is C20H17NO5. The molecule has 26 heavy (non-hydrogen) atoms. The van der Waals surface area contributed by atoms with Crippen LogP contribution < -0.4 is 4.74 Å². The summed E-state index contributed by atoms with van der Waals surface area (Å²) in [6, 6.07) is 16.6. The fourth-order valence-electron chi connectivity index (χ4n) is 2.60. The van der Waals surface area contributed by atoms with Gasteiger partial charge < -0.3 is 14.9 Å². The largest absolute Gasteiger partial charge is 0.489 e. The van der Waals surface area contributed by atoms with E-state index in [4.69, 9.17) is 14.9 Å². The molecule has 0 saturated carbocycles. The maximum absolute atomic E-state index is 11.0. The Morgan fingerprint density at radius 3 is 2.35 bits per heavy atom. The highest BCUT2D eigenvalue weighted by Gasteiger charge is 2.25. The second-order valence-corrected chi connectivity index (χ2v) is 5.90. The van der Waals surface area contributed by atoms with Gasteiger partial charge in [0.15, 0.2) is 5.92 Å². The molecule has 0 spiro atoms. The zero-order valence-electron chi connectivity index (χ0n) is 13.8. The number of aliphatic carboxylic acids is 2. The first-order chi connectivity index (χ1) is 12.5. The molecule has 2 aromatic carbocycles. The summed E-state index contributed by atoms with van der Waals surface area (Å²) in [5.74, 6) is -3.53. The number of hydrogen-bond donors (Lipinski definition) is 2. The van der Waals surface area contributed by atoms with Crippen LogP contribution in [0.2, 0.25) is 0 Å². The van der Waals surface area contributed by atoms with Gasteiger partial charge in [-0.2, -0.15) is 0 Å². The number of fused-ring (bicyclic) bond motifs is 1. The zero-order chi connectivity index (χ0) is 18.5. The lowest BCUT2D eigenvalue weighted by molar-refractivity contribution is -0.154. The molecule has 3 aromatic rings. The molecule has 3 rings (SSSR count). The molecule has 1 aromatic heterocycles. The molecule has 0 saturated heterocycles. The van der Waals surface area contributed by atoms with Crippen molar-refractivity contribution < 1.29 is 24.5 Å². The van der Waals surface area contributed by atoms with Crippen molar-refractivity contribution in [3.63, 3.8) is 0 Å². The van der Waals surface area contributed by atoms with Gasteiger partial charge in [0.05, 0.1) is 5.52 Å². The van der Waals surface area contributed by atoms with Crippen molar-refractivity contribution in [3.8, 4) is 5.75 Å². The standard InChI is InChI=1S/C20H17NO5/c22-19(23)17(20(24)25)10-13-5-7-16(8-6-13)26-12-14-9-15-3-1-2-4-18(15)21-11-14/h1-9,11,17H,10,12H2,(H,22,23)(H,24,25). The lowest BCUT2D eigenvalue weighted by Gasteiger charge is -2.10. The summed E-state index contributed by atoms with van der Waals surface area (Å²) in [5.41, 5.74) is 2.48. The highest BCUT2D eigenvalue weighted by atomic mass is 16.5. The Morgan fingerprint density at radius 1 is 0.962 bits per heavy atom. The third-order valence-electron chi connectivity index (χ3n) is 4.01. The number of carboxylic acids is 2. The molecule has 6 heteroatoms. The molecule has 0 amide bonds. The topological polar surface area (TPSA) is 96.7 Å². The number of hydrogen-bond acceptors (Lipinski definition) is 4. The van der Waals surface area contributed by atoms with Crippen LogP contribution >= 0.6 is 0 Å². The predicted molar refractivity (Wildman–Crippen MR) is 95.0 cm³/mol. The molecule has 0 radical (unpaired) electrons. The van der Waals surface area contributed by atoms with Gasteiger partial charge in [0.2, 0.25) is 0 Å². The van der Waals surface area contributed by atoms with Crippen LogP contribution in [0.15, 0.2) is 60.8 Å². The summed E-state index contributed by atoms with van der Waals surface area (Å²) in [5, 5.41) is 18.9. The van der Waals surface area contributed by atoms with Crippen LogP contribution in [0.4, 0.5) is 0 Å². The summed E-state index contributed by atoms with van der Waals surface area (Å²) in [7, 11) is 0. The number of pyridine rings is 1. The van der Waals surface area contributed by atoms with Gasteiger partial charge in [-0.25, -0.2) is 0 Å². The first kappa shape index (κ1) is 17.4. The average Bonchev–Trinajstić information content (AvgIpc) is 2.64. The molecule has 0 aliphatic rings. The van der Waals surface area contributed by atoms with Crippen LogP contribution in [0.3, 0.4) is 0 Å². The van der Waals surface area contributed by atoms with Crippen molar-refractivity contribution in [2.45, 2.75) is 13.0 Å². The van der Waals surface area contributed by atoms with E-state index in [1.165, 1.54) is 0 Å². The number of nitrogens with zero attached hydrogens (tertiary/aromatic N) is 1. The van der Waals surface area contributed by atoms with Gasteiger partial charge in [-0.05, 0) is 36.2 Å². The van der Waals surface area contributed by atoms with Gasteiger partial charge >= 0.3 is 11.9 Å². The minimum atomic E-state index is -1.45. The fourth-order valence-corrected chi connectivity index (χ4v) is 2.60. The van der Waals surface area contributed by atoms with E-state index in [9.17, 15) is 9.59 Å². The lowest BCUT2D eigenvalue weighted by Crippen LogP contribution is -2.25. The highest BCUT2D eigenvalue weighted by Crippen LogP contribution is 2.18. The Hall–Kier alpha value is -3.41. The summed E-state index contributed by atoms with van der Waals surface area (Å²) >= 11 is 0. The van der Waals surface area contributed by atoms with Crippen LogP contribution in [0.1, 0.15) is 11.1 Å². The van der Waals surface area contributed by atoms with Crippen LogP contribution in [-0.2, 0) is 22.6 Å². The van der Waals surface area contributed by atoms with E-state index < -0.39 is 17.9 Å². The summed E-state index contributed by atoms with van der Waals surface area (Å²) in [6.45, 7) is 0.351. The van der Waals surface area contributed by atoms with Crippen molar-refractivity contribution in [2.24, 2.45) is 5.92 Å². The third kappa shape index (κ3) is 4.16. The van der Waals surface area contributed by atoms with E-state index in [1.54, 1.807) is 30.5 Å². The van der Waals surface area contributed by atoms with Crippen LogP contribution in [0.25, 0.3) is 10.9 Å². The number of aromatic nitrogens is 1. The van der Waals surface area contributed by atoms with Crippen molar-refractivity contribution in [3.05, 3.63) is 71.9 Å². The quantitative estimate of drug-likeness (QED) is 0.635. The fraction of sp³-hybridized carbons (Fsp3) is 0.150. The molecular weight excluding hydrogens is 334 g/mol. The minimum Gasteiger partial charge on any atom is -0.489 e. The molecule has 0 aliphatic heterocycles. The van der Waals surface area contributed by atoms with Crippen molar-refractivity contribution in [2.75, 3.05) is 0 Å². The molecule has 6 nitrogen and oxygen atoms in total. The number of para-hydroxylation sites is 1. The van der Waals surface area contributed by atoms with Crippen molar-refractivity contribution in [1.29, 1.82) is 0 Å². The Labute approximate surface area is 149 Å². The predicted octanol–water partition coefficient (Wildman–Crippen LogP) is 3.14. The molecule has 0 bridgehead atoms. The van der Waals surface area contributed by atoms with Gasteiger partial charge in [0.25, 0.3) is 0 Å². The van der Waals surface area contributed by atoms with Crippen LogP contribution in [-0.4, -0.2) is 27.1 Å². The zero-order valence-corrected chi connectivity index (χ0v) is 13.8. The van der Waals surface area contributed by atoms with Crippen LogP contribution in [0.5, 0.6) is 5.75 Å². The second kappa shape index (κ2) is 7.65. The first-order valence-corrected chi connectivity index (χ1v) is 8.04. The molecule has 0 aliphatic carbocycles. The molecule has 0 fully saturated rings. The maximum Gasteiger partial charge on any atom is 0.318 e. The van der Waals surface area contributed by atoms with E-state index in [0.717, 1.165) is 16.5 Å². The summed E-state index contributed by atoms with van der Waals surface area (Å²) in [6.07, 6.45) is 1.70. The maximum atomic E-state index is 11.0. The smallest absolute Gasteiger partial charge is 0.318 e. The third-order valence-corrected chi connectivity index (χ3v) is 4.01. The Balaban J connectivity index is 1.63. The molecule has 1 heterocycles. The second-order valence-electron chi connectivity index (χ2n) is 5.90. The lowest BCUT2D eigenvalue weighted by atomic mass is 10.00. The molecule has 2 N–H and O–H groups in total. The number of benzene rings is 2. The average molecular weight is 351 g/mol. The normalized spacial score (nSPS) is 10.8. The van der Waals surface area contributed by atoms with Crippen molar-refractivity contribution >= 4 is 22.8 Å². The number of rotatable bonds is 7. The molecule has 0 unspecified atom stereocenters.